The average molecular weight is 497 g/mol. The lowest BCUT2D eigenvalue weighted by atomic mass is 10.1. The minimum Gasteiger partial charge on any atom is -0.484 e. The van der Waals surface area contributed by atoms with Gasteiger partial charge in [-0.1, -0.05) is 23.2 Å². The van der Waals surface area contributed by atoms with Crippen LogP contribution in [0.3, 0.4) is 0 Å². The second-order valence-electron chi connectivity index (χ2n) is 7.80. The van der Waals surface area contributed by atoms with Gasteiger partial charge in [0.05, 0.1) is 17.3 Å². The van der Waals surface area contributed by atoms with E-state index in [4.69, 9.17) is 32.7 Å². The van der Waals surface area contributed by atoms with Crippen molar-refractivity contribution in [3.8, 4) is 11.5 Å². The quantitative estimate of drug-likeness (QED) is 0.569. The lowest BCUT2D eigenvalue weighted by Gasteiger charge is -2.34. The van der Waals surface area contributed by atoms with Crippen LogP contribution < -0.4 is 25.5 Å². The van der Waals surface area contributed by atoms with Crippen LogP contribution in [0.2, 0.25) is 10.0 Å². The van der Waals surface area contributed by atoms with Crippen molar-refractivity contribution in [2.45, 2.75) is 25.0 Å². The lowest BCUT2D eigenvalue weighted by Crippen LogP contribution is -2.55. The summed E-state index contributed by atoms with van der Waals surface area (Å²) in [5.41, 5.74) is 3.64. The Morgan fingerprint density at radius 2 is 1.97 bits per heavy atom. The number of nitrogens with one attached hydrogen (secondary N) is 3. The maximum Gasteiger partial charge on any atom is 0.277 e. The van der Waals surface area contributed by atoms with E-state index in [1.807, 2.05) is 5.01 Å². The van der Waals surface area contributed by atoms with E-state index in [0.29, 0.717) is 43.2 Å². The molecule has 8 nitrogen and oxygen atoms in total. The molecule has 2 aromatic carbocycles. The SMILES string of the molecule is O=C(COc1ccc(Cl)c(F)c1)NC1CCN(NC(=O)[C@H]2CNc3cc(Cl)ccc3O2)CC1. The molecule has 33 heavy (non-hydrogen) atoms. The zero-order valence-electron chi connectivity index (χ0n) is 17.6. The third-order valence-electron chi connectivity index (χ3n) is 5.37. The molecule has 2 amide bonds. The van der Waals surface area contributed by atoms with E-state index >= 15 is 0 Å². The molecular weight excluding hydrogens is 474 g/mol. The Kier molecular flexibility index (Phi) is 7.42. The molecule has 4 rings (SSSR count). The first kappa shape index (κ1) is 23.4. The molecule has 1 fully saturated rings. The standard InChI is InChI=1S/C22H23Cl2FN4O4/c23-13-1-4-19-18(9-13)26-11-20(33-19)22(31)28-29-7-5-14(6-8-29)27-21(30)12-32-15-2-3-16(24)17(25)10-15/h1-4,9-10,14,20,26H,5-8,11-12H2,(H,27,30)(H,28,31)/t20-/m1/s1. The first-order chi connectivity index (χ1) is 15.9. The number of carbonyl (C=O) groups excluding carboxylic acids is 2. The van der Waals surface area contributed by atoms with Gasteiger partial charge in [0, 0.05) is 30.2 Å². The van der Waals surface area contributed by atoms with Crippen molar-refractivity contribution in [2.24, 2.45) is 0 Å². The molecule has 1 atom stereocenters. The summed E-state index contributed by atoms with van der Waals surface area (Å²) in [5.74, 6) is -0.333. The van der Waals surface area contributed by atoms with Gasteiger partial charge in [-0.15, -0.1) is 0 Å². The molecule has 3 N–H and O–H groups in total. The molecule has 0 saturated carbocycles. The van der Waals surface area contributed by atoms with Crippen molar-refractivity contribution in [1.82, 2.24) is 15.8 Å². The largest absolute Gasteiger partial charge is 0.484 e. The van der Waals surface area contributed by atoms with Crippen molar-refractivity contribution < 1.29 is 23.5 Å². The maximum atomic E-state index is 13.4. The van der Waals surface area contributed by atoms with Crippen LogP contribution in [0.1, 0.15) is 12.8 Å². The molecule has 2 aliphatic heterocycles. The summed E-state index contributed by atoms with van der Waals surface area (Å²) < 4.78 is 24.5. The Hall–Kier alpha value is -2.75. The molecule has 2 aromatic rings. The van der Waals surface area contributed by atoms with Gasteiger partial charge in [0.25, 0.3) is 11.8 Å². The van der Waals surface area contributed by atoms with E-state index in [0.717, 1.165) is 11.8 Å². The lowest BCUT2D eigenvalue weighted by molar-refractivity contribution is -0.133. The van der Waals surface area contributed by atoms with Crippen LogP contribution in [-0.4, -0.2) is 55.2 Å². The van der Waals surface area contributed by atoms with E-state index in [9.17, 15) is 14.0 Å². The van der Waals surface area contributed by atoms with Gasteiger partial charge in [-0.25, -0.2) is 9.40 Å². The minimum absolute atomic E-state index is 0.00769. The Bertz CT molecular complexity index is 1030. The van der Waals surface area contributed by atoms with Crippen molar-refractivity contribution in [3.63, 3.8) is 0 Å². The highest BCUT2D eigenvalue weighted by Crippen LogP contribution is 2.31. The van der Waals surface area contributed by atoms with Crippen LogP contribution >= 0.6 is 23.2 Å². The van der Waals surface area contributed by atoms with Crippen molar-refractivity contribution in [3.05, 3.63) is 52.3 Å². The monoisotopic (exact) mass is 496 g/mol. The second kappa shape index (κ2) is 10.5. The molecule has 1 saturated heterocycles. The molecule has 11 heteroatoms. The van der Waals surface area contributed by atoms with E-state index in [1.54, 1.807) is 18.2 Å². The highest BCUT2D eigenvalue weighted by Gasteiger charge is 2.29. The van der Waals surface area contributed by atoms with Crippen LogP contribution in [0, 0.1) is 5.82 Å². The first-order valence-electron chi connectivity index (χ1n) is 10.5. The summed E-state index contributed by atoms with van der Waals surface area (Å²) >= 11 is 11.6. The van der Waals surface area contributed by atoms with Crippen molar-refractivity contribution in [1.29, 1.82) is 0 Å². The highest BCUT2D eigenvalue weighted by atomic mass is 35.5. The number of nitrogens with zero attached hydrogens (tertiary/aromatic N) is 1. The van der Waals surface area contributed by atoms with Gasteiger partial charge in [0.1, 0.15) is 17.3 Å². The highest BCUT2D eigenvalue weighted by molar-refractivity contribution is 6.31. The summed E-state index contributed by atoms with van der Waals surface area (Å²) in [5, 5.41) is 8.46. The normalized spacial score (nSPS) is 18.5. The Balaban J connectivity index is 1.17. The molecular formula is C22H23Cl2FN4O4. The van der Waals surface area contributed by atoms with Gasteiger partial charge in [0.2, 0.25) is 0 Å². The van der Waals surface area contributed by atoms with Gasteiger partial charge in [0.15, 0.2) is 12.7 Å². The van der Waals surface area contributed by atoms with E-state index in [2.05, 4.69) is 16.1 Å². The molecule has 0 bridgehead atoms. The number of benzene rings is 2. The van der Waals surface area contributed by atoms with Crippen LogP contribution in [0.25, 0.3) is 0 Å². The van der Waals surface area contributed by atoms with Gasteiger partial charge >= 0.3 is 0 Å². The van der Waals surface area contributed by atoms with Crippen molar-refractivity contribution in [2.75, 3.05) is 31.6 Å². The molecule has 0 unspecified atom stereocenters. The number of rotatable bonds is 6. The Labute approximate surface area is 200 Å². The number of anilines is 1. The zero-order chi connectivity index (χ0) is 23.4. The zero-order valence-corrected chi connectivity index (χ0v) is 19.1. The number of ether oxygens (including phenoxy) is 2. The second-order valence-corrected chi connectivity index (χ2v) is 8.64. The number of fused-ring (bicyclic) bond motifs is 1. The van der Waals surface area contributed by atoms with E-state index in [-0.39, 0.29) is 35.2 Å². The summed E-state index contributed by atoms with van der Waals surface area (Å²) in [6.07, 6.45) is 0.658. The predicted molar refractivity (Wildman–Crippen MR) is 122 cm³/mol. The Morgan fingerprint density at radius 3 is 2.73 bits per heavy atom. The number of halogens is 3. The number of hydrogen-bond acceptors (Lipinski definition) is 6. The van der Waals surface area contributed by atoms with Gasteiger partial charge in [-0.05, 0) is 43.2 Å². The molecule has 0 aromatic heterocycles. The number of amides is 2. The van der Waals surface area contributed by atoms with Gasteiger partial charge < -0.3 is 20.1 Å². The van der Waals surface area contributed by atoms with Crippen LogP contribution in [0.4, 0.5) is 10.1 Å². The van der Waals surface area contributed by atoms with Crippen LogP contribution in [-0.2, 0) is 9.59 Å². The summed E-state index contributed by atoms with van der Waals surface area (Å²) in [7, 11) is 0. The fraction of sp³-hybridized carbons (Fsp3) is 0.364. The number of hydrazine groups is 1. The summed E-state index contributed by atoms with van der Waals surface area (Å²) in [4.78, 5) is 24.8. The van der Waals surface area contributed by atoms with Crippen molar-refractivity contribution >= 4 is 40.7 Å². The van der Waals surface area contributed by atoms with Crippen LogP contribution in [0.15, 0.2) is 36.4 Å². The summed E-state index contributed by atoms with van der Waals surface area (Å²) in [6.45, 7) is 1.26. The molecule has 0 radical (unpaired) electrons. The third kappa shape index (κ3) is 6.19. The molecule has 2 heterocycles. The number of piperidine rings is 1. The van der Waals surface area contributed by atoms with Crippen LogP contribution in [0.5, 0.6) is 11.5 Å². The number of hydrogen-bond donors (Lipinski definition) is 3. The Morgan fingerprint density at radius 1 is 1.18 bits per heavy atom. The van der Waals surface area contributed by atoms with Gasteiger partial charge in [-0.3, -0.25) is 15.0 Å². The maximum absolute atomic E-state index is 13.4. The smallest absolute Gasteiger partial charge is 0.277 e. The minimum atomic E-state index is -0.661. The predicted octanol–water partition coefficient (Wildman–Crippen LogP) is 3.00. The topological polar surface area (TPSA) is 91.9 Å². The fourth-order valence-corrected chi connectivity index (χ4v) is 3.92. The molecule has 2 aliphatic rings. The first-order valence-corrected chi connectivity index (χ1v) is 11.3. The van der Waals surface area contributed by atoms with Gasteiger partial charge in [-0.2, -0.15) is 0 Å². The molecule has 0 spiro atoms. The van der Waals surface area contributed by atoms with E-state index < -0.39 is 11.9 Å². The third-order valence-corrected chi connectivity index (χ3v) is 5.91. The molecule has 176 valence electrons. The number of carbonyl (C=O) groups is 2. The fourth-order valence-electron chi connectivity index (χ4n) is 3.64. The van der Waals surface area contributed by atoms with E-state index in [1.165, 1.54) is 12.1 Å². The average Bonchev–Trinajstić information content (AvgIpc) is 2.80. The summed E-state index contributed by atoms with van der Waals surface area (Å²) in [6, 6.07) is 9.15. The molecule has 0 aliphatic carbocycles.